The molecule has 0 spiro atoms. The summed E-state index contributed by atoms with van der Waals surface area (Å²) in [5.41, 5.74) is 0.976. The van der Waals surface area contributed by atoms with E-state index < -0.39 is 0 Å². The summed E-state index contributed by atoms with van der Waals surface area (Å²) in [7, 11) is 2.15. The van der Waals surface area contributed by atoms with Crippen molar-refractivity contribution in [2.75, 3.05) is 25.0 Å². The zero-order chi connectivity index (χ0) is 20.2. The molecule has 0 aromatic carbocycles. The van der Waals surface area contributed by atoms with Crippen molar-refractivity contribution >= 4 is 23.5 Å². The number of hydrogen-bond acceptors (Lipinski definition) is 6. The Morgan fingerprint density at radius 2 is 1.93 bits per heavy atom. The van der Waals surface area contributed by atoms with Crippen LogP contribution in [-0.4, -0.2) is 47.0 Å². The van der Waals surface area contributed by atoms with Crippen LogP contribution in [0.2, 0.25) is 0 Å². The van der Waals surface area contributed by atoms with E-state index in [1.807, 2.05) is 17.9 Å². The number of aromatic nitrogens is 2. The summed E-state index contributed by atoms with van der Waals surface area (Å²) in [4.78, 5) is 26.0. The first-order valence-electron chi connectivity index (χ1n) is 10.7. The second-order valence-electron chi connectivity index (χ2n) is 8.11. The number of hydrogen-bond donors (Lipinski definition) is 0. The third kappa shape index (κ3) is 4.94. The van der Waals surface area contributed by atoms with Gasteiger partial charge < -0.3 is 14.2 Å². The van der Waals surface area contributed by atoms with Gasteiger partial charge in [-0.25, -0.2) is 9.97 Å². The van der Waals surface area contributed by atoms with E-state index in [0.717, 1.165) is 48.4 Å². The van der Waals surface area contributed by atoms with Gasteiger partial charge in [-0.3, -0.25) is 4.79 Å². The van der Waals surface area contributed by atoms with Crippen LogP contribution in [-0.2, 0) is 5.75 Å². The first-order chi connectivity index (χ1) is 14.1. The third-order valence-electron chi connectivity index (χ3n) is 5.91. The smallest absolute Gasteiger partial charge is 0.289 e. The molecule has 1 saturated heterocycles. The number of aryl methyl sites for hydroxylation is 1. The van der Waals surface area contributed by atoms with Gasteiger partial charge in [-0.05, 0) is 44.7 Å². The van der Waals surface area contributed by atoms with Crippen molar-refractivity contribution in [1.29, 1.82) is 0 Å². The first kappa shape index (κ1) is 20.3. The van der Waals surface area contributed by atoms with E-state index in [-0.39, 0.29) is 5.91 Å². The van der Waals surface area contributed by atoms with E-state index in [2.05, 4.69) is 23.0 Å². The number of amides is 1. The Labute approximate surface area is 177 Å². The van der Waals surface area contributed by atoms with Crippen LogP contribution in [0.1, 0.15) is 67.0 Å². The molecule has 0 radical (unpaired) electrons. The van der Waals surface area contributed by atoms with Crippen molar-refractivity contribution in [3.63, 3.8) is 0 Å². The summed E-state index contributed by atoms with van der Waals surface area (Å²) in [6.07, 6.45) is 8.59. The molecule has 0 N–H and O–H groups in total. The molecule has 2 aliphatic rings. The van der Waals surface area contributed by atoms with Crippen LogP contribution in [0.3, 0.4) is 0 Å². The molecule has 156 valence electrons. The van der Waals surface area contributed by atoms with Crippen LogP contribution in [0.25, 0.3) is 0 Å². The molecule has 0 bridgehead atoms. The van der Waals surface area contributed by atoms with E-state index in [4.69, 9.17) is 9.40 Å². The van der Waals surface area contributed by atoms with Crippen LogP contribution in [0, 0.1) is 6.92 Å². The lowest BCUT2D eigenvalue weighted by atomic mass is 9.94. The van der Waals surface area contributed by atoms with Gasteiger partial charge >= 0.3 is 0 Å². The minimum atomic E-state index is 0.00180. The molecule has 7 heteroatoms. The fraction of sp³-hybridized carbons (Fsp3) is 0.591. The normalized spacial score (nSPS) is 17.7. The number of furan rings is 1. The molecule has 2 aromatic rings. The molecule has 1 amide bonds. The molecule has 1 saturated carbocycles. The number of carbonyl (C=O) groups excluding carboxylic acids is 1. The number of likely N-dealkylation sites (tertiary alicyclic amines) is 1. The number of carbonyl (C=O) groups is 1. The Kier molecular flexibility index (Phi) is 6.43. The summed E-state index contributed by atoms with van der Waals surface area (Å²) < 4.78 is 5.80. The molecule has 4 rings (SSSR count). The van der Waals surface area contributed by atoms with Gasteiger partial charge in [-0.15, -0.1) is 0 Å². The fourth-order valence-electron chi connectivity index (χ4n) is 4.21. The lowest BCUT2D eigenvalue weighted by molar-refractivity contribution is 0.0760. The van der Waals surface area contributed by atoms with Gasteiger partial charge in [-0.2, -0.15) is 0 Å². The van der Waals surface area contributed by atoms with E-state index in [1.165, 1.54) is 32.1 Å². The van der Waals surface area contributed by atoms with Crippen molar-refractivity contribution in [3.05, 3.63) is 35.4 Å². The summed E-state index contributed by atoms with van der Waals surface area (Å²) in [5, 5.41) is 0.756. The Bertz CT molecular complexity index is 841. The Morgan fingerprint density at radius 3 is 2.69 bits per heavy atom. The van der Waals surface area contributed by atoms with Gasteiger partial charge in [0.05, 0.1) is 5.75 Å². The highest BCUT2D eigenvalue weighted by atomic mass is 32.2. The number of rotatable bonds is 6. The van der Waals surface area contributed by atoms with Gasteiger partial charge in [0, 0.05) is 37.9 Å². The van der Waals surface area contributed by atoms with Gasteiger partial charge in [-0.1, -0.05) is 31.0 Å². The zero-order valence-electron chi connectivity index (χ0n) is 17.4. The summed E-state index contributed by atoms with van der Waals surface area (Å²) in [5.74, 6) is 2.83. The van der Waals surface area contributed by atoms with Crippen LogP contribution in [0.15, 0.2) is 27.8 Å². The van der Waals surface area contributed by atoms with E-state index >= 15 is 0 Å². The Balaban J connectivity index is 1.39. The highest BCUT2D eigenvalue weighted by Gasteiger charge is 2.23. The molecule has 0 atom stereocenters. The molecule has 0 unspecified atom stereocenters. The van der Waals surface area contributed by atoms with Crippen molar-refractivity contribution < 1.29 is 9.21 Å². The van der Waals surface area contributed by atoms with Gasteiger partial charge in [0.15, 0.2) is 10.9 Å². The monoisotopic (exact) mass is 414 g/mol. The molecule has 6 nitrogen and oxygen atoms in total. The number of anilines is 1. The molecule has 29 heavy (non-hydrogen) atoms. The van der Waals surface area contributed by atoms with Gasteiger partial charge in [0.25, 0.3) is 5.91 Å². The standard InChI is InChI=1S/C22H30N4O2S/c1-16-14-20(25(2)17-8-4-3-5-9-17)24-22(23-16)29-15-18-10-11-19(28-18)21(27)26-12-6-7-13-26/h10-11,14,17H,3-9,12-13,15H2,1-2H3. The van der Waals surface area contributed by atoms with Crippen LogP contribution >= 0.6 is 11.8 Å². The second-order valence-corrected chi connectivity index (χ2v) is 9.05. The van der Waals surface area contributed by atoms with Crippen LogP contribution in [0.4, 0.5) is 5.82 Å². The highest BCUT2D eigenvalue weighted by Crippen LogP contribution is 2.28. The minimum absolute atomic E-state index is 0.00180. The number of nitrogens with zero attached hydrogens (tertiary/aromatic N) is 4. The highest BCUT2D eigenvalue weighted by molar-refractivity contribution is 7.98. The lowest BCUT2D eigenvalue weighted by Crippen LogP contribution is -2.34. The maximum absolute atomic E-state index is 12.4. The average Bonchev–Trinajstić information content (AvgIpc) is 3.44. The summed E-state index contributed by atoms with van der Waals surface area (Å²) in [6, 6.07) is 6.32. The molecule has 2 aromatic heterocycles. The van der Waals surface area contributed by atoms with Crippen molar-refractivity contribution in [2.45, 2.75) is 68.8 Å². The fourth-order valence-corrected chi connectivity index (χ4v) is 5.00. The SMILES string of the molecule is Cc1cc(N(C)C2CCCCC2)nc(SCc2ccc(C(=O)N3CCCC3)o2)n1. The molecular formula is C22H30N4O2S. The zero-order valence-corrected chi connectivity index (χ0v) is 18.2. The lowest BCUT2D eigenvalue weighted by Gasteiger charge is -2.32. The van der Waals surface area contributed by atoms with Gasteiger partial charge in [0.2, 0.25) is 0 Å². The summed E-state index contributed by atoms with van der Waals surface area (Å²) >= 11 is 1.56. The van der Waals surface area contributed by atoms with Crippen LogP contribution in [0.5, 0.6) is 0 Å². The van der Waals surface area contributed by atoms with Crippen molar-refractivity contribution in [3.8, 4) is 0 Å². The maximum atomic E-state index is 12.4. The average molecular weight is 415 g/mol. The minimum Gasteiger partial charge on any atom is -0.455 e. The molecular weight excluding hydrogens is 384 g/mol. The predicted molar refractivity (Wildman–Crippen MR) is 115 cm³/mol. The Hall–Kier alpha value is -2.02. The quantitative estimate of drug-likeness (QED) is 0.505. The van der Waals surface area contributed by atoms with E-state index in [1.54, 1.807) is 17.8 Å². The topological polar surface area (TPSA) is 62.5 Å². The molecule has 1 aliphatic heterocycles. The predicted octanol–water partition coefficient (Wildman–Crippen LogP) is 4.68. The molecule has 2 fully saturated rings. The summed E-state index contributed by atoms with van der Waals surface area (Å²) in [6.45, 7) is 3.68. The van der Waals surface area contributed by atoms with Crippen LogP contribution < -0.4 is 4.90 Å². The van der Waals surface area contributed by atoms with E-state index in [0.29, 0.717) is 17.6 Å². The molecule has 1 aliphatic carbocycles. The Morgan fingerprint density at radius 1 is 1.17 bits per heavy atom. The number of thioether (sulfide) groups is 1. The first-order valence-corrected chi connectivity index (χ1v) is 11.7. The second kappa shape index (κ2) is 9.20. The largest absolute Gasteiger partial charge is 0.455 e. The maximum Gasteiger partial charge on any atom is 0.289 e. The van der Waals surface area contributed by atoms with E-state index in [9.17, 15) is 4.79 Å². The third-order valence-corrected chi connectivity index (χ3v) is 6.78. The molecule has 3 heterocycles. The van der Waals surface area contributed by atoms with Gasteiger partial charge in [0.1, 0.15) is 11.6 Å². The van der Waals surface area contributed by atoms with Crippen molar-refractivity contribution in [1.82, 2.24) is 14.9 Å². The van der Waals surface area contributed by atoms with Crippen molar-refractivity contribution in [2.24, 2.45) is 0 Å².